The van der Waals surface area contributed by atoms with Crippen LogP contribution in [0.4, 0.5) is 0 Å². The molecule has 1 heterocycles. The van der Waals surface area contributed by atoms with Crippen LogP contribution in [0, 0.1) is 0 Å². The summed E-state index contributed by atoms with van der Waals surface area (Å²) in [5.74, 6) is 0.711. The molecule has 4 rings (SSSR count). The Bertz CT molecular complexity index is 1080. The number of benzene rings is 3. The van der Waals surface area contributed by atoms with E-state index in [1.165, 1.54) is 0 Å². The standard InChI is InChI=1S/C20H13Cl3N2O/c21-15-7-9-18-19(11-15)25(20(24-18)14-4-2-1-3-5-14)26-12-13-6-8-16(22)17(23)10-13/h1-11H,12H2. The Balaban J connectivity index is 1.76. The molecule has 130 valence electrons. The van der Waals surface area contributed by atoms with Gasteiger partial charge in [-0.3, -0.25) is 0 Å². The lowest BCUT2D eigenvalue weighted by Crippen LogP contribution is -2.12. The maximum atomic E-state index is 6.17. The SMILES string of the molecule is Clc1ccc2nc(-c3ccccc3)n(OCc3ccc(Cl)c(Cl)c3)c2c1. The van der Waals surface area contributed by atoms with E-state index in [0.29, 0.717) is 27.5 Å². The van der Waals surface area contributed by atoms with Gasteiger partial charge in [-0.15, -0.1) is 0 Å². The summed E-state index contributed by atoms with van der Waals surface area (Å²) < 4.78 is 1.71. The summed E-state index contributed by atoms with van der Waals surface area (Å²) in [5, 5.41) is 1.63. The van der Waals surface area contributed by atoms with Gasteiger partial charge in [-0.1, -0.05) is 71.2 Å². The maximum absolute atomic E-state index is 6.17. The smallest absolute Gasteiger partial charge is 0.176 e. The second-order valence-electron chi connectivity index (χ2n) is 5.75. The van der Waals surface area contributed by atoms with Crippen LogP contribution in [0.15, 0.2) is 66.7 Å². The minimum Gasteiger partial charge on any atom is -0.407 e. The average molecular weight is 404 g/mol. The van der Waals surface area contributed by atoms with Gasteiger partial charge in [-0.25, -0.2) is 4.98 Å². The maximum Gasteiger partial charge on any atom is 0.176 e. The first-order valence-electron chi connectivity index (χ1n) is 7.92. The van der Waals surface area contributed by atoms with E-state index in [1.807, 2.05) is 54.6 Å². The van der Waals surface area contributed by atoms with Crippen molar-refractivity contribution >= 4 is 45.8 Å². The van der Waals surface area contributed by atoms with Gasteiger partial charge in [0.15, 0.2) is 5.82 Å². The topological polar surface area (TPSA) is 27.1 Å². The Labute approximate surface area is 165 Å². The second kappa shape index (κ2) is 7.20. The summed E-state index contributed by atoms with van der Waals surface area (Å²) in [5.41, 5.74) is 3.47. The fraction of sp³-hybridized carbons (Fsp3) is 0.0500. The molecule has 0 saturated heterocycles. The monoisotopic (exact) mass is 402 g/mol. The first kappa shape index (κ1) is 17.2. The highest BCUT2D eigenvalue weighted by Crippen LogP contribution is 2.27. The van der Waals surface area contributed by atoms with Crippen LogP contribution in [0.3, 0.4) is 0 Å². The molecule has 0 saturated carbocycles. The lowest BCUT2D eigenvalue weighted by atomic mass is 10.2. The van der Waals surface area contributed by atoms with Crippen molar-refractivity contribution in [2.45, 2.75) is 6.61 Å². The Hall–Kier alpha value is -2.20. The van der Waals surface area contributed by atoms with Gasteiger partial charge < -0.3 is 4.84 Å². The van der Waals surface area contributed by atoms with Crippen molar-refractivity contribution in [1.82, 2.24) is 9.71 Å². The zero-order valence-electron chi connectivity index (χ0n) is 13.5. The van der Waals surface area contributed by atoms with E-state index < -0.39 is 0 Å². The number of rotatable bonds is 4. The molecule has 3 nitrogen and oxygen atoms in total. The van der Waals surface area contributed by atoms with E-state index in [-0.39, 0.29) is 0 Å². The van der Waals surface area contributed by atoms with Crippen LogP contribution in [0.5, 0.6) is 0 Å². The van der Waals surface area contributed by atoms with Gasteiger partial charge in [-0.05, 0) is 35.9 Å². The van der Waals surface area contributed by atoms with Gasteiger partial charge in [-0.2, -0.15) is 4.73 Å². The van der Waals surface area contributed by atoms with Crippen molar-refractivity contribution in [3.63, 3.8) is 0 Å². The summed E-state index contributed by atoms with van der Waals surface area (Å²) in [6, 6.07) is 20.8. The fourth-order valence-electron chi connectivity index (χ4n) is 2.70. The molecule has 0 bridgehead atoms. The third-order valence-electron chi connectivity index (χ3n) is 3.95. The Morgan fingerprint density at radius 1 is 0.846 bits per heavy atom. The summed E-state index contributed by atoms with van der Waals surface area (Å²) in [6.45, 7) is 0.314. The second-order valence-corrected chi connectivity index (χ2v) is 7.00. The molecule has 0 aliphatic rings. The van der Waals surface area contributed by atoms with Gasteiger partial charge in [0, 0.05) is 10.6 Å². The highest BCUT2D eigenvalue weighted by Gasteiger charge is 2.14. The summed E-state index contributed by atoms with van der Waals surface area (Å²) in [4.78, 5) is 10.8. The molecule has 4 aromatic rings. The first-order valence-corrected chi connectivity index (χ1v) is 9.06. The molecule has 0 aliphatic heterocycles. The van der Waals surface area contributed by atoms with E-state index in [2.05, 4.69) is 0 Å². The zero-order valence-corrected chi connectivity index (χ0v) is 15.8. The number of fused-ring (bicyclic) bond motifs is 1. The van der Waals surface area contributed by atoms with Crippen molar-refractivity contribution in [3.05, 3.63) is 87.4 Å². The number of imidazole rings is 1. The van der Waals surface area contributed by atoms with Crippen LogP contribution in [-0.2, 0) is 6.61 Å². The molecule has 0 atom stereocenters. The fourth-order valence-corrected chi connectivity index (χ4v) is 3.18. The molecule has 0 spiro atoms. The van der Waals surface area contributed by atoms with Crippen LogP contribution in [0.2, 0.25) is 15.1 Å². The minimum atomic E-state index is 0.314. The van der Waals surface area contributed by atoms with E-state index in [0.717, 1.165) is 22.2 Å². The highest BCUT2D eigenvalue weighted by atomic mass is 35.5. The van der Waals surface area contributed by atoms with Gasteiger partial charge >= 0.3 is 0 Å². The van der Waals surface area contributed by atoms with Crippen LogP contribution in [0.1, 0.15) is 5.56 Å². The number of halogens is 3. The van der Waals surface area contributed by atoms with E-state index >= 15 is 0 Å². The lowest BCUT2D eigenvalue weighted by molar-refractivity contribution is 0.110. The zero-order chi connectivity index (χ0) is 18.1. The number of nitrogens with zero attached hydrogens (tertiary/aromatic N) is 2. The predicted octanol–water partition coefficient (Wildman–Crippen LogP) is 6.29. The quantitative estimate of drug-likeness (QED) is 0.400. The molecule has 0 unspecified atom stereocenters. The molecule has 0 N–H and O–H groups in total. The summed E-state index contributed by atoms with van der Waals surface area (Å²) in [6.07, 6.45) is 0. The summed E-state index contributed by atoms with van der Waals surface area (Å²) in [7, 11) is 0. The van der Waals surface area contributed by atoms with E-state index in [1.54, 1.807) is 16.9 Å². The molecule has 26 heavy (non-hydrogen) atoms. The predicted molar refractivity (Wildman–Crippen MR) is 107 cm³/mol. The molecule has 3 aromatic carbocycles. The van der Waals surface area contributed by atoms with Crippen molar-refractivity contribution < 1.29 is 4.84 Å². The number of hydrogen-bond acceptors (Lipinski definition) is 2. The Morgan fingerprint density at radius 2 is 1.65 bits per heavy atom. The summed E-state index contributed by atoms with van der Waals surface area (Å²) >= 11 is 18.2. The van der Waals surface area contributed by atoms with Gasteiger partial charge in [0.25, 0.3) is 0 Å². The molecule has 1 aromatic heterocycles. The molecule has 0 fully saturated rings. The highest BCUT2D eigenvalue weighted by molar-refractivity contribution is 6.42. The van der Waals surface area contributed by atoms with Crippen molar-refractivity contribution in [3.8, 4) is 11.4 Å². The van der Waals surface area contributed by atoms with Crippen LogP contribution in [-0.4, -0.2) is 9.71 Å². The molecule has 0 aliphatic carbocycles. The number of hydrogen-bond donors (Lipinski definition) is 0. The van der Waals surface area contributed by atoms with Crippen molar-refractivity contribution in [2.75, 3.05) is 0 Å². The third-order valence-corrected chi connectivity index (χ3v) is 4.93. The van der Waals surface area contributed by atoms with Crippen LogP contribution in [0.25, 0.3) is 22.4 Å². The lowest BCUT2D eigenvalue weighted by Gasteiger charge is -2.12. The van der Waals surface area contributed by atoms with E-state index in [9.17, 15) is 0 Å². The molecule has 0 radical (unpaired) electrons. The first-order chi connectivity index (χ1) is 12.6. The van der Waals surface area contributed by atoms with Gasteiger partial charge in [0.1, 0.15) is 12.1 Å². The molecular weight excluding hydrogens is 391 g/mol. The normalized spacial score (nSPS) is 11.0. The Morgan fingerprint density at radius 3 is 2.42 bits per heavy atom. The van der Waals surface area contributed by atoms with E-state index in [4.69, 9.17) is 44.6 Å². The third kappa shape index (κ3) is 3.38. The molecule has 6 heteroatoms. The Kier molecular flexibility index (Phi) is 4.77. The van der Waals surface area contributed by atoms with Crippen molar-refractivity contribution in [2.24, 2.45) is 0 Å². The minimum absolute atomic E-state index is 0.314. The molecular formula is C20H13Cl3N2O. The van der Waals surface area contributed by atoms with Crippen molar-refractivity contribution in [1.29, 1.82) is 0 Å². The van der Waals surface area contributed by atoms with Gasteiger partial charge in [0.05, 0.1) is 15.6 Å². The van der Waals surface area contributed by atoms with Gasteiger partial charge in [0.2, 0.25) is 0 Å². The number of aromatic nitrogens is 2. The largest absolute Gasteiger partial charge is 0.407 e. The molecule has 0 amide bonds. The van der Waals surface area contributed by atoms with Crippen LogP contribution < -0.4 is 4.84 Å². The average Bonchev–Trinajstić information content (AvgIpc) is 3.01. The van der Waals surface area contributed by atoms with Crippen LogP contribution >= 0.6 is 34.8 Å².